The highest BCUT2D eigenvalue weighted by molar-refractivity contribution is 6.00. The van der Waals surface area contributed by atoms with Crippen LogP contribution in [0.15, 0.2) is 47.0 Å². The quantitative estimate of drug-likeness (QED) is 0.351. The molecule has 4 N–H and O–H groups in total. The second-order valence-electron chi connectivity index (χ2n) is 3.36. The van der Waals surface area contributed by atoms with Crippen molar-refractivity contribution in [3.63, 3.8) is 0 Å². The molecule has 0 amide bonds. The number of hydrogen-bond donors (Lipinski definition) is 2. The van der Waals surface area contributed by atoms with Gasteiger partial charge in [0.1, 0.15) is 5.84 Å². The third-order valence-corrected chi connectivity index (χ3v) is 2.21. The van der Waals surface area contributed by atoms with E-state index in [9.17, 15) is 0 Å². The number of benzene rings is 1. The Morgan fingerprint density at radius 1 is 1.38 bits per heavy atom. The number of nitrogens with two attached hydrogens (primary N) is 2. The van der Waals surface area contributed by atoms with Crippen molar-refractivity contribution < 1.29 is 0 Å². The first-order valence-electron chi connectivity index (χ1n) is 5.10. The van der Waals surface area contributed by atoms with Crippen LogP contribution in [-0.4, -0.2) is 12.9 Å². The van der Waals surface area contributed by atoms with Gasteiger partial charge < -0.3 is 11.5 Å². The van der Waals surface area contributed by atoms with Crippen LogP contribution >= 0.6 is 0 Å². The molecule has 1 aromatic carbocycles. The second kappa shape index (κ2) is 5.75. The summed E-state index contributed by atoms with van der Waals surface area (Å²) in [4.78, 5) is 3.94. The number of amidine groups is 1. The molecule has 1 aromatic rings. The third kappa shape index (κ3) is 3.28. The third-order valence-electron chi connectivity index (χ3n) is 2.21. The van der Waals surface area contributed by atoms with Crippen LogP contribution in [0.2, 0.25) is 0 Å². The molecule has 0 aliphatic heterocycles. The highest BCUT2D eigenvalue weighted by Gasteiger charge is 1.95. The number of aliphatic imine (C=N–C) groups is 1. The zero-order valence-electron chi connectivity index (χ0n) is 9.64. The Kier molecular flexibility index (Phi) is 4.33. The van der Waals surface area contributed by atoms with Gasteiger partial charge in [-0.1, -0.05) is 30.4 Å². The normalized spacial score (nSPS) is 13.4. The topological polar surface area (TPSA) is 64.4 Å². The zero-order valence-corrected chi connectivity index (χ0v) is 9.64. The maximum Gasteiger partial charge on any atom is 0.124 e. The van der Waals surface area contributed by atoms with E-state index in [4.69, 9.17) is 11.5 Å². The lowest BCUT2D eigenvalue weighted by Gasteiger charge is -2.00. The standard InChI is InChI=1S/C13H17N3/c1-3-11(13(15)16-2)8-7-10-5-4-6-12(14)9-10/h3-9H,14H2,1-2H3,(H2,15,16)/b8-7+,11-3-. The van der Waals surface area contributed by atoms with E-state index in [0.717, 1.165) is 16.8 Å². The first-order chi connectivity index (χ1) is 7.67. The summed E-state index contributed by atoms with van der Waals surface area (Å²) in [5, 5.41) is 0. The molecule has 0 spiro atoms. The second-order valence-corrected chi connectivity index (χ2v) is 3.36. The molecule has 0 aliphatic rings. The van der Waals surface area contributed by atoms with Crippen molar-refractivity contribution in [2.45, 2.75) is 6.92 Å². The highest BCUT2D eigenvalue weighted by Crippen LogP contribution is 2.10. The van der Waals surface area contributed by atoms with Crippen LogP contribution in [0.4, 0.5) is 5.69 Å². The fourth-order valence-electron chi connectivity index (χ4n) is 1.31. The zero-order chi connectivity index (χ0) is 12.0. The van der Waals surface area contributed by atoms with Gasteiger partial charge >= 0.3 is 0 Å². The molecule has 0 saturated heterocycles. The van der Waals surface area contributed by atoms with Gasteiger partial charge in [0.2, 0.25) is 0 Å². The molecule has 3 heteroatoms. The Morgan fingerprint density at radius 2 is 2.12 bits per heavy atom. The fourth-order valence-corrected chi connectivity index (χ4v) is 1.31. The number of anilines is 1. The molecule has 16 heavy (non-hydrogen) atoms. The summed E-state index contributed by atoms with van der Waals surface area (Å²) in [5.41, 5.74) is 14.1. The minimum atomic E-state index is 0.530. The predicted molar refractivity (Wildman–Crippen MR) is 71.2 cm³/mol. The average Bonchev–Trinajstić information content (AvgIpc) is 2.29. The molecule has 0 aromatic heterocycles. The molecule has 0 unspecified atom stereocenters. The van der Waals surface area contributed by atoms with Crippen LogP contribution in [-0.2, 0) is 0 Å². The van der Waals surface area contributed by atoms with Crippen LogP contribution in [0.3, 0.4) is 0 Å². The van der Waals surface area contributed by atoms with Crippen molar-refractivity contribution in [3.8, 4) is 0 Å². The molecular formula is C13H17N3. The molecule has 1 rings (SSSR count). The predicted octanol–water partition coefficient (Wildman–Crippen LogP) is 2.22. The first-order valence-corrected chi connectivity index (χ1v) is 5.10. The molecule has 84 valence electrons. The Labute approximate surface area is 96.2 Å². The van der Waals surface area contributed by atoms with Crippen molar-refractivity contribution in [2.24, 2.45) is 10.7 Å². The van der Waals surface area contributed by atoms with Gasteiger partial charge in [-0.05, 0) is 24.6 Å². The smallest absolute Gasteiger partial charge is 0.124 e. The summed E-state index contributed by atoms with van der Waals surface area (Å²) < 4.78 is 0. The summed E-state index contributed by atoms with van der Waals surface area (Å²) in [7, 11) is 1.67. The monoisotopic (exact) mass is 215 g/mol. The highest BCUT2D eigenvalue weighted by atomic mass is 14.8. The van der Waals surface area contributed by atoms with Crippen molar-refractivity contribution in [1.82, 2.24) is 0 Å². The Balaban J connectivity index is 2.88. The molecule has 0 aliphatic carbocycles. The van der Waals surface area contributed by atoms with E-state index in [2.05, 4.69) is 4.99 Å². The largest absolute Gasteiger partial charge is 0.399 e. The lowest BCUT2D eigenvalue weighted by Crippen LogP contribution is -2.12. The van der Waals surface area contributed by atoms with Crippen LogP contribution < -0.4 is 11.5 Å². The Morgan fingerprint density at radius 3 is 2.69 bits per heavy atom. The SMILES string of the molecule is C/C=C(/C=C/c1cccc(N)c1)C(N)=NC. The van der Waals surface area contributed by atoms with Gasteiger partial charge in [-0.15, -0.1) is 0 Å². The van der Waals surface area contributed by atoms with E-state index >= 15 is 0 Å². The van der Waals surface area contributed by atoms with Crippen molar-refractivity contribution in [1.29, 1.82) is 0 Å². The minimum absolute atomic E-state index is 0.530. The van der Waals surface area contributed by atoms with Crippen molar-refractivity contribution in [3.05, 3.63) is 47.6 Å². The number of allylic oxidation sites excluding steroid dienone is 1. The molecule has 0 heterocycles. The van der Waals surface area contributed by atoms with Gasteiger partial charge in [0, 0.05) is 18.3 Å². The average molecular weight is 215 g/mol. The van der Waals surface area contributed by atoms with E-state index in [1.54, 1.807) is 7.05 Å². The lowest BCUT2D eigenvalue weighted by molar-refractivity contribution is 1.39. The molecular weight excluding hydrogens is 198 g/mol. The summed E-state index contributed by atoms with van der Waals surface area (Å²) in [5.74, 6) is 0.530. The summed E-state index contributed by atoms with van der Waals surface area (Å²) in [6.07, 6.45) is 5.81. The van der Waals surface area contributed by atoms with Crippen LogP contribution in [0.5, 0.6) is 0 Å². The van der Waals surface area contributed by atoms with Crippen LogP contribution in [0.25, 0.3) is 6.08 Å². The van der Waals surface area contributed by atoms with Gasteiger partial charge in [-0.25, -0.2) is 0 Å². The molecule has 0 radical (unpaired) electrons. The first kappa shape index (κ1) is 12.0. The van der Waals surface area contributed by atoms with Crippen LogP contribution in [0, 0.1) is 0 Å². The minimum Gasteiger partial charge on any atom is -0.399 e. The molecule has 0 fully saturated rings. The van der Waals surface area contributed by atoms with Gasteiger partial charge in [0.05, 0.1) is 0 Å². The summed E-state index contributed by atoms with van der Waals surface area (Å²) in [6.45, 7) is 1.93. The maximum absolute atomic E-state index is 5.73. The summed E-state index contributed by atoms with van der Waals surface area (Å²) >= 11 is 0. The van der Waals surface area contributed by atoms with Crippen molar-refractivity contribution in [2.75, 3.05) is 12.8 Å². The summed E-state index contributed by atoms with van der Waals surface area (Å²) in [6, 6.07) is 7.67. The number of nitrogen functional groups attached to an aromatic ring is 1. The van der Waals surface area contributed by atoms with Gasteiger partial charge in [-0.3, -0.25) is 4.99 Å². The van der Waals surface area contributed by atoms with Crippen molar-refractivity contribution >= 4 is 17.6 Å². The molecule has 0 bridgehead atoms. The molecule has 0 atom stereocenters. The van der Waals surface area contributed by atoms with Gasteiger partial charge in [0.25, 0.3) is 0 Å². The molecule has 0 saturated carbocycles. The van der Waals surface area contributed by atoms with E-state index in [1.165, 1.54) is 0 Å². The van der Waals surface area contributed by atoms with Gasteiger partial charge in [-0.2, -0.15) is 0 Å². The van der Waals surface area contributed by atoms with Gasteiger partial charge in [0.15, 0.2) is 0 Å². The fraction of sp³-hybridized carbons (Fsp3) is 0.154. The maximum atomic E-state index is 5.73. The molecule has 3 nitrogen and oxygen atoms in total. The van der Waals surface area contributed by atoms with E-state index in [-0.39, 0.29) is 0 Å². The number of nitrogens with zero attached hydrogens (tertiary/aromatic N) is 1. The van der Waals surface area contributed by atoms with E-state index < -0.39 is 0 Å². The Hall–Kier alpha value is -2.03. The van der Waals surface area contributed by atoms with E-state index in [1.807, 2.05) is 49.4 Å². The van der Waals surface area contributed by atoms with Crippen LogP contribution in [0.1, 0.15) is 12.5 Å². The lowest BCUT2D eigenvalue weighted by atomic mass is 10.1. The number of hydrogen-bond acceptors (Lipinski definition) is 2. The Bertz CT molecular complexity index is 442. The van der Waals surface area contributed by atoms with E-state index in [0.29, 0.717) is 5.84 Å². The number of rotatable bonds is 3.